The van der Waals surface area contributed by atoms with E-state index >= 15 is 0 Å². The fourth-order valence-electron chi connectivity index (χ4n) is 7.69. The number of piperidine rings is 1. The van der Waals surface area contributed by atoms with E-state index in [1.807, 2.05) is 12.1 Å². The van der Waals surface area contributed by atoms with Crippen molar-refractivity contribution in [3.05, 3.63) is 90.3 Å². The normalized spacial score (nSPS) is 18.9. The summed E-state index contributed by atoms with van der Waals surface area (Å²) in [5.74, 6) is -1.27. The maximum atomic E-state index is 14.5. The van der Waals surface area contributed by atoms with Gasteiger partial charge in [0.25, 0.3) is 0 Å². The van der Waals surface area contributed by atoms with E-state index in [4.69, 9.17) is 0 Å². The van der Waals surface area contributed by atoms with Gasteiger partial charge < -0.3 is 15.1 Å². The molecule has 3 aromatic heterocycles. The summed E-state index contributed by atoms with van der Waals surface area (Å²) in [4.78, 5) is 69.8. The Morgan fingerprint density at radius 2 is 1.78 bits per heavy atom. The molecule has 1 aliphatic carbocycles. The lowest BCUT2D eigenvalue weighted by Crippen LogP contribution is -2.47. The summed E-state index contributed by atoms with van der Waals surface area (Å²) < 4.78 is 42.5. The summed E-state index contributed by atoms with van der Waals surface area (Å²) in [6.45, 7) is 12.0. The number of hydrogen-bond donors (Lipinski definition) is 1. The second kappa shape index (κ2) is 15.2. The lowest BCUT2D eigenvalue weighted by molar-refractivity contribution is -0.141. The molecule has 4 heterocycles. The number of hydrogen-bond acceptors (Lipinski definition) is 8. The Kier molecular flexibility index (Phi) is 10.8. The number of pyridine rings is 1. The van der Waals surface area contributed by atoms with Crippen molar-refractivity contribution in [1.29, 1.82) is 0 Å². The first kappa shape index (κ1) is 39.0. The molecule has 0 bridgehead atoms. The standard InChI is InChI=1S/C40H43F3N8O4/c1-7-9-10-12-33(53)49(6)22-39-17-30(38(55)47-32-14-13-23(3)37(46-32)40(41,42)43)51(31(39)18-39)34(54)21-50-36-26(11-8-2)15-27(28-19-44-25(5)45-20-28)16-29(36)35(48-50)24(4)52/h7-8,13-16,19-20,30-31H,1-2,9-12,17-18,21-22H2,3-6H3,(H,46,47,55)/t30-,31+,39-/m0/s1. The molecule has 1 saturated heterocycles. The molecule has 6 rings (SSSR count). The predicted molar refractivity (Wildman–Crippen MR) is 200 cm³/mol. The monoisotopic (exact) mass is 756 g/mol. The number of ketones is 1. The molecular weight excluding hydrogens is 713 g/mol. The molecule has 3 amide bonds. The van der Waals surface area contributed by atoms with Crippen LogP contribution in [0.25, 0.3) is 22.0 Å². The molecule has 2 fully saturated rings. The molecule has 0 radical (unpaired) electrons. The van der Waals surface area contributed by atoms with Crippen LogP contribution in [0.15, 0.2) is 62.0 Å². The number of allylic oxidation sites excluding steroid dienone is 2. The van der Waals surface area contributed by atoms with Crippen LogP contribution in [0, 0.1) is 19.3 Å². The smallest absolute Gasteiger partial charge is 0.345 e. The summed E-state index contributed by atoms with van der Waals surface area (Å²) in [5, 5.41) is 7.65. The first-order valence-electron chi connectivity index (χ1n) is 18.0. The number of carbonyl (C=O) groups is 4. The number of rotatable bonds is 14. The van der Waals surface area contributed by atoms with Gasteiger partial charge in [0.1, 0.15) is 35.6 Å². The van der Waals surface area contributed by atoms with Crippen molar-refractivity contribution in [1.82, 2.24) is 34.5 Å². The molecule has 2 aliphatic rings. The predicted octanol–water partition coefficient (Wildman–Crippen LogP) is 6.27. The molecule has 15 heteroatoms. The number of fused-ring (bicyclic) bond motifs is 2. The average Bonchev–Trinajstić information content (AvgIpc) is 3.52. The fourth-order valence-corrected chi connectivity index (χ4v) is 7.69. The zero-order valence-electron chi connectivity index (χ0n) is 31.2. The number of anilines is 1. The molecule has 1 aromatic carbocycles. The van der Waals surface area contributed by atoms with E-state index in [9.17, 15) is 32.3 Å². The van der Waals surface area contributed by atoms with Gasteiger partial charge in [0.05, 0.1) is 5.52 Å². The number of amides is 3. The van der Waals surface area contributed by atoms with E-state index < -0.39 is 41.2 Å². The van der Waals surface area contributed by atoms with Gasteiger partial charge in [-0.05, 0) is 80.8 Å². The van der Waals surface area contributed by atoms with Crippen molar-refractivity contribution >= 4 is 40.2 Å². The Morgan fingerprint density at radius 1 is 1.05 bits per heavy atom. The number of nitrogens with one attached hydrogen (secondary N) is 1. The first-order chi connectivity index (χ1) is 26.1. The van der Waals surface area contributed by atoms with Crippen molar-refractivity contribution in [3.63, 3.8) is 0 Å². The number of benzene rings is 1. The summed E-state index contributed by atoms with van der Waals surface area (Å²) in [6.07, 6.45) is 4.80. The van der Waals surface area contributed by atoms with Crippen LogP contribution < -0.4 is 5.32 Å². The average molecular weight is 757 g/mol. The quantitative estimate of drug-likeness (QED) is 0.0902. The van der Waals surface area contributed by atoms with Crippen molar-refractivity contribution < 1.29 is 32.3 Å². The van der Waals surface area contributed by atoms with Crippen LogP contribution in [-0.2, 0) is 33.5 Å². The zero-order valence-corrected chi connectivity index (χ0v) is 31.2. The number of alkyl halides is 3. The highest BCUT2D eigenvalue weighted by Gasteiger charge is 2.67. The van der Waals surface area contributed by atoms with E-state index in [-0.39, 0.29) is 48.3 Å². The Labute approximate surface area is 316 Å². The molecule has 1 aliphatic heterocycles. The second-order valence-corrected chi connectivity index (χ2v) is 14.5. The molecule has 0 unspecified atom stereocenters. The van der Waals surface area contributed by atoms with Gasteiger partial charge in [-0.15, -0.1) is 13.2 Å². The highest BCUT2D eigenvalue weighted by atomic mass is 19.4. The van der Waals surface area contributed by atoms with Gasteiger partial charge in [-0.1, -0.05) is 18.2 Å². The van der Waals surface area contributed by atoms with E-state index in [0.29, 0.717) is 48.8 Å². The minimum absolute atomic E-state index is 0.0812. The molecule has 1 N–H and O–H groups in total. The number of halogens is 3. The summed E-state index contributed by atoms with van der Waals surface area (Å²) in [7, 11) is 1.69. The van der Waals surface area contributed by atoms with E-state index in [1.165, 1.54) is 35.6 Å². The zero-order chi connectivity index (χ0) is 39.8. The van der Waals surface area contributed by atoms with Crippen LogP contribution in [0.1, 0.15) is 72.2 Å². The Bertz CT molecular complexity index is 2200. The maximum Gasteiger partial charge on any atom is 0.433 e. The third-order valence-corrected chi connectivity index (χ3v) is 10.4. The van der Waals surface area contributed by atoms with Gasteiger partial charge in [-0.25, -0.2) is 15.0 Å². The Balaban J connectivity index is 1.35. The van der Waals surface area contributed by atoms with Crippen molar-refractivity contribution in [2.45, 2.75) is 84.1 Å². The topological polar surface area (TPSA) is 143 Å². The number of nitrogens with zero attached hydrogens (tertiary/aromatic N) is 7. The fraction of sp³-hybridized carbons (Fsp3) is 0.400. The number of aromatic nitrogens is 5. The van der Waals surface area contributed by atoms with Crippen LogP contribution in [0.3, 0.4) is 0 Å². The Morgan fingerprint density at radius 3 is 2.44 bits per heavy atom. The molecule has 4 aromatic rings. The van der Waals surface area contributed by atoms with Crippen molar-refractivity contribution in [2.24, 2.45) is 5.41 Å². The summed E-state index contributed by atoms with van der Waals surface area (Å²) in [6, 6.07) is 4.72. The minimum Gasteiger partial charge on any atom is -0.345 e. The minimum atomic E-state index is -4.74. The maximum absolute atomic E-state index is 14.5. The van der Waals surface area contributed by atoms with Gasteiger partial charge in [0, 0.05) is 61.7 Å². The lowest BCUT2D eigenvalue weighted by atomic mass is 9.98. The number of unbranched alkanes of at least 4 members (excludes halogenated alkanes) is 1. The number of Topliss-reactive ketones (excluding diaryl/α,β-unsaturated/α-hetero) is 1. The van der Waals surface area contributed by atoms with Crippen LogP contribution in [0.5, 0.6) is 0 Å². The molecular formula is C40H43F3N8O4. The third kappa shape index (κ3) is 7.91. The van der Waals surface area contributed by atoms with Gasteiger partial charge in [-0.2, -0.15) is 18.3 Å². The van der Waals surface area contributed by atoms with Crippen molar-refractivity contribution in [3.8, 4) is 11.1 Å². The third-order valence-electron chi connectivity index (χ3n) is 10.4. The molecule has 1 saturated carbocycles. The number of likely N-dealkylation sites (tertiary alicyclic amines) is 1. The van der Waals surface area contributed by atoms with Crippen LogP contribution in [0.2, 0.25) is 0 Å². The van der Waals surface area contributed by atoms with E-state index in [2.05, 4.69) is 38.5 Å². The lowest BCUT2D eigenvalue weighted by Gasteiger charge is -2.27. The molecule has 3 atom stereocenters. The Hall–Kier alpha value is -5.73. The van der Waals surface area contributed by atoms with Crippen LogP contribution in [0.4, 0.5) is 19.0 Å². The second-order valence-electron chi connectivity index (χ2n) is 14.5. The largest absolute Gasteiger partial charge is 0.433 e. The molecule has 0 spiro atoms. The van der Waals surface area contributed by atoms with E-state index in [1.54, 1.807) is 43.4 Å². The van der Waals surface area contributed by atoms with E-state index in [0.717, 1.165) is 16.7 Å². The SMILES string of the molecule is C=CCCCC(=O)N(C)C[C@@]12C[C@@H](C(=O)Nc3ccc(C)c(C(F)(F)F)n3)N(C(=O)Cn3nc(C(C)=O)c4cc(-c5cnc(C)nc5)cc(CC=C)c43)[C@@H]1C2. The summed E-state index contributed by atoms with van der Waals surface area (Å²) in [5.41, 5.74) is 1.09. The van der Waals surface area contributed by atoms with Gasteiger partial charge >= 0.3 is 6.18 Å². The van der Waals surface area contributed by atoms with Gasteiger partial charge in [0.2, 0.25) is 17.7 Å². The molecule has 55 heavy (non-hydrogen) atoms. The highest BCUT2D eigenvalue weighted by Crippen LogP contribution is 2.60. The molecule has 12 nitrogen and oxygen atoms in total. The van der Waals surface area contributed by atoms with Crippen molar-refractivity contribution in [2.75, 3.05) is 18.9 Å². The van der Waals surface area contributed by atoms with Gasteiger partial charge in [-0.3, -0.25) is 23.9 Å². The first-order valence-corrected chi connectivity index (χ1v) is 18.0. The number of aryl methyl sites for hydroxylation is 2. The molecule has 288 valence electrons. The van der Waals surface area contributed by atoms with Crippen LogP contribution in [-0.4, -0.2) is 83.7 Å². The summed E-state index contributed by atoms with van der Waals surface area (Å²) >= 11 is 0. The van der Waals surface area contributed by atoms with Gasteiger partial charge in [0.15, 0.2) is 5.78 Å². The van der Waals surface area contributed by atoms with Crippen LogP contribution >= 0.6 is 0 Å². The number of carbonyl (C=O) groups excluding carboxylic acids is 4. The highest BCUT2D eigenvalue weighted by molar-refractivity contribution is 6.07.